The highest BCUT2D eigenvalue weighted by Gasteiger charge is 2.12. The van der Waals surface area contributed by atoms with Gasteiger partial charge in [0.2, 0.25) is 0 Å². The van der Waals surface area contributed by atoms with Crippen LogP contribution >= 0.6 is 11.6 Å². The van der Waals surface area contributed by atoms with Gasteiger partial charge in [-0.05, 0) is 6.07 Å². The Morgan fingerprint density at radius 3 is 2.79 bits per heavy atom. The Morgan fingerprint density at radius 2 is 2.29 bits per heavy atom. The van der Waals surface area contributed by atoms with E-state index in [9.17, 15) is 9.18 Å². The van der Waals surface area contributed by atoms with Crippen LogP contribution in [-0.2, 0) is 11.2 Å². The summed E-state index contributed by atoms with van der Waals surface area (Å²) in [4.78, 5) is 15.1. The van der Waals surface area contributed by atoms with Gasteiger partial charge >= 0.3 is 0 Å². The van der Waals surface area contributed by atoms with E-state index >= 15 is 0 Å². The lowest BCUT2D eigenvalue weighted by molar-refractivity contribution is -0.121. The van der Waals surface area contributed by atoms with Gasteiger partial charge in [-0.15, -0.1) is 0 Å². The van der Waals surface area contributed by atoms with E-state index in [-0.39, 0.29) is 28.8 Å². The number of halogens is 2. The van der Waals surface area contributed by atoms with E-state index in [1.54, 1.807) is 13.8 Å². The summed E-state index contributed by atoms with van der Waals surface area (Å²) in [6.45, 7) is 3.55. The molecule has 1 heterocycles. The predicted molar refractivity (Wildman–Crippen MR) is 52.8 cm³/mol. The number of carbonyl (C=O) groups is 1. The van der Waals surface area contributed by atoms with Crippen molar-refractivity contribution in [1.82, 2.24) is 4.98 Å². The summed E-state index contributed by atoms with van der Waals surface area (Å²) < 4.78 is 13.2. The van der Waals surface area contributed by atoms with Crippen molar-refractivity contribution in [1.29, 1.82) is 0 Å². The number of ketones is 1. The quantitative estimate of drug-likeness (QED) is 0.776. The van der Waals surface area contributed by atoms with Gasteiger partial charge in [-0.2, -0.15) is 0 Å². The first-order chi connectivity index (χ1) is 6.50. The van der Waals surface area contributed by atoms with Crippen LogP contribution in [0.1, 0.15) is 19.5 Å². The second-order valence-corrected chi connectivity index (χ2v) is 3.82. The first-order valence-corrected chi connectivity index (χ1v) is 4.71. The number of hydrogen-bond acceptors (Lipinski definition) is 2. The maximum absolute atomic E-state index is 13.2. The molecule has 1 aromatic rings. The SMILES string of the molecule is CC(C)C(=O)Cc1ncc(Cl)cc1F. The Hall–Kier alpha value is -0.960. The summed E-state index contributed by atoms with van der Waals surface area (Å²) in [7, 11) is 0. The molecule has 1 rings (SSSR count). The molecule has 0 aliphatic rings. The average Bonchev–Trinajstić information content (AvgIpc) is 2.09. The van der Waals surface area contributed by atoms with Crippen LogP contribution in [0.3, 0.4) is 0 Å². The fourth-order valence-corrected chi connectivity index (χ4v) is 1.09. The Labute approximate surface area is 87.1 Å². The molecule has 0 bridgehead atoms. The molecule has 0 aromatic carbocycles. The Balaban J connectivity index is 2.82. The Kier molecular flexibility index (Phi) is 3.58. The largest absolute Gasteiger partial charge is 0.299 e. The highest BCUT2D eigenvalue weighted by molar-refractivity contribution is 6.30. The summed E-state index contributed by atoms with van der Waals surface area (Å²) in [5, 5.41) is 0.239. The third-order valence-electron chi connectivity index (χ3n) is 1.87. The molecule has 0 amide bonds. The Bertz CT molecular complexity index is 352. The zero-order chi connectivity index (χ0) is 10.7. The minimum absolute atomic E-state index is 0.0284. The van der Waals surface area contributed by atoms with Crippen LogP contribution in [0.25, 0.3) is 0 Å². The van der Waals surface area contributed by atoms with Crippen LogP contribution in [0.2, 0.25) is 5.02 Å². The second-order valence-electron chi connectivity index (χ2n) is 3.38. The molecule has 1 aromatic heterocycles. The van der Waals surface area contributed by atoms with Gasteiger partial charge in [-0.25, -0.2) is 4.39 Å². The van der Waals surface area contributed by atoms with Crippen LogP contribution in [0.4, 0.5) is 4.39 Å². The maximum Gasteiger partial charge on any atom is 0.146 e. The van der Waals surface area contributed by atoms with Gasteiger partial charge in [0.1, 0.15) is 11.6 Å². The van der Waals surface area contributed by atoms with Crippen LogP contribution in [-0.4, -0.2) is 10.8 Å². The molecule has 4 heteroatoms. The van der Waals surface area contributed by atoms with Crippen molar-refractivity contribution in [3.8, 4) is 0 Å². The number of aromatic nitrogens is 1. The first-order valence-electron chi connectivity index (χ1n) is 4.33. The predicted octanol–water partition coefficient (Wildman–Crippen LogP) is 2.64. The van der Waals surface area contributed by atoms with Crippen LogP contribution < -0.4 is 0 Å². The standard InChI is InChI=1S/C10H11ClFNO/c1-6(2)10(14)4-9-8(12)3-7(11)5-13-9/h3,5-6H,4H2,1-2H3. The summed E-state index contributed by atoms with van der Waals surface area (Å²) in [5.74, 6) is -0.655. The van der Waals surface area contributed by atoms with Crippen molar-refractivity contribution in [3.63, 3.8) is 0 Å². The molecule has 0 saturated carbocycles. The van der Waals surface area contributed by atoms with Crippen molar-refractivity contribution in [2.75, 3.05) is 0 Å². The summed E-state index contributed by atoms with van der Waals surface area (Å²) >= 11 is 5.53. The molecule has 0 N–H and O–H groups in total. The average molecular weight is 216 g/mol. The fraction of sp³-hybridized carbons (Fsp3) is 0.400. The minimum atomic E-state index is -0.522. The van der Waals surface area contributed by atoms with E-state index in [0.29, 0.717) is 0 Å². The molecule has 0 aliphatic carbocycles. The first kappa shape index (κ1) is 11.1. The molecule has 0 saturated heterocycles. The van der Waals surface area contributed by atoms with Crippen molar-refractivity contribution < 1.29 is 9.18 Å². The third kappa shape index (κ3) is 2.77. The number of rotatable bonds is 3. The second kappa shape index (κ2) is 4.51. The van der Waals surface area contributed by atoms with E-state index in [1.165, 1.54) is 6.20 Å². The molecular weight excluding hydrogens is 205 g/mol. The number of carbonyl (C=O) groups excluding carboxylic acids is 1. The van der Waals surface area contributed by atoms with E-state index in [1.807, 2.05) is 0 Å². The smallest absolute Gasteiger partial charge is 0.146 e. The van der Waals surface area contributed by atoms with E-state index in [0.717, 1.165) is 6.07 Å². The lowest BCUT2D eigenvalue weighted by atomic mass is 10.0. The lowest BCUT2D eigenvalue weighted by Crippen LogP contribution is -2.12. The van der Waals surface area contributed by atoms with Gasteiger partial charge in [-0.1, -0.05) is 25.4 Å². The van der Waals surface area contributed by atoms with Crippen LogP contribution in [0.5, 0.6) is 0 Å². The number of Topliss-reactive ketones (excluding diaryl/α,β-unsaturated/α-hetero) is 1. The monoisotopic (exact) mass is 215 g/mol. The third-order valence-corrected chi connectivity index (χ3v) is 2.08. The Morgan fingerprint density at radius 1 is 1.64 bits per heavy atom. The molecule has 0 spiro atoms. The van der Waals surface area contributed by atoms with Gasteiger partial charge in [0.25, 0.3) is 0 Å². The number of pyridine rings is 1. The lowest BCUT2D eigenvalue weighted by Gasteiger charge is -2.04. The van der Waals surface area contributed by atoms with Gasteiger partial charge in [-0.3, -0.25) is 9.78 Å². The maximum atomic E-state index is 13.2. The highest BCUT2D eigenvalue weighted by Crippen LogP contribution is 2.13. The normalized spacial score (nSPS) is 10.6. The van der Waals surface area contributed by atoms with Crippen molar-refractivity contribution in [2.45, 2.75) is 20.3 Å². The molecule has 0 fully saturated rings. The minimum Gasteiger partial charge on any atom is -0.299 e. The molecule has 0 atom stereocenters. The molecule has 0 unspecified atom stereocenters. The molecular formula is C10H11ClFNO. The molecule has 14 heavy (non-hydrogen) atoms. The van der Waals surface area contributed by atoms with E-state index in [4.69, 9.17) is 11.6 Å². The number of nitrogens with zero attached hydrogens (tertiary/aromatic N) is 1. The van der Waals surface area contributed by atoms with E-state index < -0.39 is 5.82 Å². The van der Waals surface area contributed by atoms with Crippen LogP contribution in [0, 0.1) is 11.7 Å². The fourth-order valence-electron chi connectivity index (χ4n) is 0.942. The van der Waals surface area contributed by atoms with Crippen molar-refractivity contribution in [3.05, 3.63) is 28.8 Å². The van der Waals surface area contributed by atoms with Gasteiger partial charge in [0.15, 0.2) is 0 Å². The topological polar surface area (TPSA) is 30.0 Å². The zero-order valence-corrected chi connectivity index (χ0v) is 8.81. The van der Waals surface area contributed by atoms with Gasteiger partial charge < -0.3 is 0 Å². The summed E-state index contributed by atoms with van der Waals surface area (Å²) in [5.41, 5.74) is 0.160. The molecule has 0 aliphatic heterocycles. The summed E-state index contributed by atoms with van der Waals surface area (Å²) in [6.07, 6.45) is 1.37. The van der Waals surface area contributed by atoms with Gasteiger partial charge in [0, 0.05) is 12.1 Å². The van der Waals surface area contributed by atoms with Crippen LogP contribution in [0.15, 0.2) is 12.3 Å². The van der Waals surface area contributed by atoms with Crippen molar-refractivity contribution >= 4 is 17.4 Å². The van der Waals surface area contributed by atoms with Crippen molar-refractivity contribution in [2.24, 2.45) is 5.92 Å². The highest BCUT2D eigenvalue weighted by atomic mass is 35.5. The molecule has 2 nitrogen and oxygen atoms in total. The molecule has 76 valence electrons. The number of hydrogen-bond donors (Lipinski definition) is 0. The van der Waals surface area contributed by atoms with Gasteiger partial charge in [0.05, 0.1) is 17.1 Å². The zero-order valence-electron chi connectivity index (χ0n) is 8.05. The summed E-state index contributed by atoms with van der Waals surface area (Å²) in [6, 6.07) is 1.16. The molecule has 0 radical (unpaired) electrons. The van der Waals surface area contributed by atoms with E-state index in [2.05, 4.69) is 4.98 Å².